The highest BCUT2D eigenvalue weighted by atomic mass is 35.5. The predicted molar refractivity (Wildman–Crippen MR) is 73.1 cm³/mol. The van der Waals surface area contributed by atoms with Gasteiger partial charge in [0.1, 0.15) is 12.1 Å². The summed E-state index contributed by atoms with van der Waals surface area (Å²) in [6.07, 6.45) is 2.11. The van der Waals surface area contributed by atoms with Crippen LogP contribution in [0.3, 0.4) is 0 Å². The number of H-pyrrole nitrogens is 1. The minimum absolute atomic E-state index is 0. The molecular weight excluding hydrogens is 270 g/mol. The number of amides is 1. The van der Waals surface area contributed by atoms with E-state index in [0.717, 1.165) is 12.8 Å². The highest BCUT2D eigenvalue weighted by Crippen LogP contribution is 2.16. The van der Waals surface area contributed by atoms with Crippen molar-refractivity contribution in [1.29, 1.82) is 0 Å². The third-order valence-electron chi connectivity index (χ3n) is 3.21. The maximum Gasteiger partial charge on any atom is 0.253 e. The van der Waals surface area contributed by atoms with Crippen LogP contribution in [0.25, 0.3) is 0 Å². The second-order valence-corrected chi connectivity index (χ2v) is 4.46. The number of carbonyl (C=O) groups is 1. The van der Waals surface area contributed by atoms with E-state index in [1.54, 1.807) is 11.0 Å². The van der Waals surface area contributed by atoms with Gasteiger partial charge in [0.05, 0.1) is 0 Å². The molecule has 0 bridgehead atoms. The Labute approximate surface area is 117 Å². The summed E-state index contributed by atoms with van der Waals surface area (Å²) >= 11 is 0. The van der Waals surface area contributed by atoms with Gasteiger partial charge >= 0.3 is 0 Å². The van der Waals surface area contributed by atoms with Gasteiger partial charge in [0.15, 0.2) is 0 Å². The van der Waals surface area contributed by atoms with Gasteiger partial charge in [-0.15, -0.1) is 12.4 Å². The van der Waals surface area contributed by atoms with E-state index in [9.17, 15) is 14.7 Å². The number of nitrogens with two attached hydrogens (primary N) is 1. The fourth-order valence-corrected chi connectivity index (χ4v) is 2.14. The summed E-state index contributed by atoms with van der Waals surface area (Å²) in [4.78, 5) is 27.6. The van der Waals surface area contributed by atoms with Gasteiger partial charge in [0.25, 0.3) is 5.56 Å². The van der Waals surface area contributed by atoms with Gasteiger partial charge in [0, 0.05) is 24.8 Å². The molecule has 19 heavy (non-hydrogen) atoms. The van der Waals surface area contributed by atoms with Gasteiger partial charge < -0.3 is 20.7 Å². The van der Waals surface area contributed by atoms with E-state index in [-0.39, 0.29) is 23.9 Å². The summed E-state index contributed by atoms with van der Waals surface area (Å²) in [7, 11) is 0. The first-order valence-corrected chi connectivity index (χ1v) is 6.01. The molecule has 6 nitrogen and oxygen atoms in total. The first-order chi connectivity index (χ1) is 8.61. The van der Waals surface area contributed by atoms with Gasteiger partial charge in [-0.25, -0.2) is 0 Å². The zero-order valence-corrected chi connectivity index (χ0v) is 11.2. The number of aromatic amines is 1. The van der Waals surface area contributed by atoms with Crippen molar-refractivity contribution in [2.24, 2.45) is 5.73 Å². The molecule has 1 amide bonds. The predicted octanol–water partition coefficient (Wildman–Crippen LogP) is -0.220. The largest absolute Gasteiger partial charge is 0.386 e. The summed E-state index contributed by atoms with van der Waals surface area (Å²) in [5.74, 6) is -0.303. The molecule has 7 heteroatoms. The van der Waals surface area contributed by atoms with E-state index in [1.807, 2.05) is 0 Å². The molecule has 4 N–H and O–H groups in total. The number of nitrogens with zero attached hydrogens (tertiary/aromatic N) is 1. The van der Waals surface area contributed by atoms with E-state index in [0.29, 0.717) is 13.1 Å². The molecule has 1 aliphatic rings. The van der Waals surface area contributed by atoms with Crippen molar-refractivity contribution in [3.05, 3.63) is 34.2 Å². The Morgan fingerprint density at radius 2 is 2.05 bits per heavy atom. The SMILES string of the molecule is Cl.N[C@@H](C(=O)N1CCCC1)[C@@H](O)c1ccc[nH]c1=O. The first kappa shape index (κ1) is 15.7. The summed E-state index contributed by atoms with van der Waals surface area (Å²) in [6, 6.07) is 1.97. The molecular formula is C12H18ClN3O3. The molecule has 2 heterocycles. The molecule has 2 atom stereocenters. The Bertz CT molecular complexity index is 485. The van der Waals surface area contributed by atoms with Crippen molar-refractivity contribution in [3.8, 4) is 0 Å². The molecule has 0 unspecified atom stereocenters. The number of halogens is 1. The van der Waals surface area contributed by atoms with Gasteiger partial charge in [-0.1, -0.05) is 0 Å². The standard InChI is InChI=1S/C12H17N3O3.ClH/c13-9(12(18)15-6-1-2-7-15)10(16)8-4-3-5-14-11(8)17;/h3-5,9-10,16H,1-2,6-7,13H2,(H,14,17);1H/t9-,10+;/m1./s1. The number of aromatic nitrogens is 1. The Morgan fingerprint density at radius 3 is 2.63 bits per heavy atom. The van der Waals surface area contributed by atoms with Crippen LogP contribution < -0.4 is 11.3 Å². The normalized spacial score (nSPS) is 17.7. The van der Waals surface area contributed by atoms with Crippen LogP contribution in [-0.2, 0) is 4.79 Å². The first-order valence-electron chi connectivity index (χ1n) is 6.01. The lowest BCUT2D eigenvalue weighted by atomic mass is 10.0. The second kappa shape index (κ2) is 6.70. The molecule has 0 radical (unpaired) electrons. The van der Waals surface area contributed by atoms with Crippen molar-refractivity contribution in [1.82, 2.24) is 9.88 Å². The average Bonchev–Trinajstić information content (AvgIpc) is 2.90. The third kappa shape index (κ3) is 3.34. The highest BCUT2D eigenvalue weighted by Gasteiger charge is 2.30. The van der Waals surface area contributed by atoms with E-state index in [1.165, 1.54) is 12.3 Å². The van der Waals surface area contributed by atoms with Gasteiger partial charge in [-0.3, -0.25) is 9.59 Å². The van der Waals surface area contributed by atoms with E-state index < -0.39 is 17.7 Å². The van der Waals surface area contributed by atoms with Crippen LogP contribution >= 0.6 is 12.4 Å². The summed E-state index contributed by atoms with van der Waals surface area (Å²) in [5, 5.41) is 10.0. The lowest BCUT2D eigenvalue weighted by Crippen LogP contribution is -2.46. The molecule has 2 rings (SSSR count). The zero-order valence-electron chi connectivity index (χ0n) is 10.4. The van der Waals surface area contributed by atoms with Crippen molar-refractivity contribution >= 4 is 18.3 Å². The molecule has 0 spiro atoms. The van der Waals surface area contributed by atoms with E-state index in [2.05, 4.69) is 4.98 Å². The monoisotopic (exact) mass is 287 g/mol. The molecule has 0 saturated carbocycles. The molecule has 0 aromatic carbocycles. The minimum Gasteiger partial charge on any atom is -0.386 e. The van der Waals surface area contributed by atoms with Crippen molar-refractivity contribution in [3.63, 3.8) is 0 Å². The van der Waals surface area contributed by atoms with Crippen LogP contribution in [0.15, 0.2) is 23.1 Å². The molecule has 1 fully saturated rings. The quantitative estimate of drug-likeness (QED) is 0.715. The number of hydrogen-bond acceptors (Lipinski definition) is 4. The average molecular weight is 288 g/mol. The van der Waals surface area contributed by atoms with Gasteiger partial charge in [-0.05, 0) is 25.0 Å². The van der Waals surface area contributed by atoms with Gasteiger partial charge in [0.2, 0.25) is 5.91 Å². The molecule has 1 aromatic rings. The number of aliphatic hydroxyl groups is 1. The van der Waals surface area contributed by atoms with Crippen molar-refractivity contribution < 1.29 is 9.90 Å². The maximum absolute atomic E-state index is 12.0. The van der Waals surface area contributed by atoms with Gasteiger partial charge in [-0.2, -0.15) is 0 Å². The van der Waals surface area contributed by atoms with E-state index in [4.69, 9.17) is 5.73 Å². The number of rotatable bonds is 3. The van der Waals surface area contributed by atoms with Crippen molar-refractivity contribution in [2.45, 2.75) is 25.0 Å². The molecule has 106 valence electrons. The molecule has 1 saturated heterocycles. The van der Waals surface area contributed by atoms with Crippen LogP contribution in [0.5, 0.6) is 0 Å². The lowest BCUT2D eigenvalue weighted by molar-refractivity contribution is -0.134. The Kier molecular flexibility index (Phi) is 5.53. The number of carbonyl (C=O) groups excluding carboxylic acids is 1. The third-order valence-corrected chi connectivity index (χ3v) is 3.21. The molecule has 0 aliphatic carbocycles. The number of pyridine rings is 1. The number of likely N-dealkylation sites (tertiary alicyclic amines) is 1. The molecule has 1 aromatic heterocycles. The maximum atomic E-state index is 12.0. The van der Waals surface area contributed by atoms with Crippen molar-refractivity contribution in [2.75, 3.05) is 13.1 Å². The topological polar surface area (TPSA) is 99.4 Å². The number of hydrogen-bond donors (Lipinski definition) is 3. The fourth-order valence-electron chi connectivity index (χ4n) is 2.14. The summed E-state index contributed by atoms with van der Waals surface area (Å²) in [6.45, 7) is 1.34. The highest BCUT2D eigenvalue weighted by molar-refractivity contribution is 5.85. The van der Waals surface area contributed by atoms with Crippen LogP contribution in [-0.4, -0.2) is 40.0 Å². The van der Waals surface area contributed by atoms with Crippen LogP contribution in [0.4, 0.5) is 0 Å². The Balaban J connectivity index is 0.00000180. The smallest absolute Gasteiger partial charge is 0.253 e. The number of aliphatic hydroxyl groups excluding tert-OH is 1. The van der Waals surface area contributed by atoms with E-state index >= 15 is 0 Å². The molecule has 1 aliphatic heterocycles. The Hall–Kier alpha value is -1.37. The minimum atomic E-state index is -1.27. The Morgan fingerprint density at radius 1 is 1.42 bits per heavy atom. The lowest BCUT2D eigenvalue weighted by Gasteiger charge is -2.23. The number of nitrogens with one attached hydrogen (secondary N) is 1. The van der Waals surface area contributed by atoms with Crippen LogP contribution in [0.1, 0.15) is 24.5 Å². The van der Waals surface area contributed by atoms with Crippen LogP contribution in [0.2, 0.25) is 0 Å². The second-order valence-electron chi connectivity index (χ2n) is 4.46. The zero-order chi connectivity index (χ0) is 13.1. The summed E-state index contributed by atoms with van der Waals surface area (Å²) in [5.41, 5.74) is 5.45. The summed E-state index contributed by atoms with van der Waals surface area (Å²) < 4.78 is 0. The fraction of sp³-hybridized carbons (Fsp3) is 0.500. The van der Waals surface area contributed by atoms with Crippen LogP contribution in [0, 0.1) is 0 Å².